The van der Waals surface area contributed by atoms with E-state index < -0.39 is 0 Å². The second-order valence-corrected chi connectivity index (χ2v) is 29.3. The van der Waals surface area contributed by atoms with Gasteiger partial charge in [-0.2, -0.15) is 0 Å². The van der Waals surface area contributed by atoms with E-state index in [1.54, 1.807) is 36.5 Å². The standard InChI is InChI=1S/C14H15BrFN3.C14H15BrN2O.C13H12BrFN2O.C13H13BrN2O.C11H10BrFN2O.C11H11BrN2O/c1-18-6-8-19(9-7-18)13-5-2-10-12(17-13)4-3-11(16)14(10)15;1-10-2-4-12-11(14(10)15)3-5-13(16-12)17-6-8-18-9-7-17;14-13-9-1-4-12(17-6-5-8(18)7-17)16-11(9)3-2-10(13)15;14-12-3-1-2-11-10(12)4-5-15-13(11)16-6-8-17-9-7-16;12-11-7-1-4-10(14-5-6-16)15-9(7)3-2-8(11)13;12-10-3-1-2-9-8(10)4-5-13-11(9)14-6-7-15/h2-5H,6-9H2,1H3;2-5H,6-9H2,1H3;1-4,8,18H,5-7H2;1-5H,6-9H2;1-4,16H,5-6H2,(H,14,15);1-5,15H,6-7H2,(H,13,14)/t;;8-;;;/m..1.../s1. The number of morpholine rings is 2. The van der Waals surface area contributed by atoms with Crippen molar-refractivity contribution in [1.82, 2.24) is 34.8 Å². The van der Waals surface area contributed by atoms with E-state index in [9.17, 15) is 18.3 Å². The number of aromatic nitrogens is 6. The summed E-state index contributed by atoms with van der Waals surface area (Å²) in [6.07, 6.45) is 4.12. The molecule has 0 amide bonds. The number of likely N-dealkylation sites (N-methyl/N-ethyl adjacent to an activating group) is 1. The van der Waals surface area contributed by atoms with Gasteiger partial charge in [-0.1, -0.05) is 62.2 Å². The molecule has 0 radical (unpaired) electrons. The molecule has 0 spiro atoms. The summed E-state index contributed by atoms with van der Waals surface area (Å²) < 4.78 is 55.5. The lowest BCUT2D eigenvalue weighted by atomic mass is 10.1. The summed E-state index contributed by atoms with van der Waals surface area (Å²) >= 11 is 20.4. The number of nitrogens with zero attached hydrogens (tertiary/aromatic N) is 11. The molecule has 1 atom stereocenters. The molecule has 12 aromatic rings. The highest BCUT2D eigenvalue weighted by Gasteiger charge is 2.23. The van der Waals surface area contributed by atoms with Crippen molar-refractivity contribution >= 4 is 196 Å². The number of benzene rings is 6. The molecule has 27 heteroatoms. The van der Waals surface area contributed by atoms with Crippen LogP contribution >= 0.6 is 95.6 Å². The zero-order valence-electron chi connectivity index (χ0n) is 56.5. The lowest BCUT2D eigenvalue weighted by Crippen LogP contribution is -2.44. The van der Waals surface area contributed by atoms with Crippen LogP contribution < -0.4 is 30.2 Å². The molecule has 4 aliphatic heterocycles. The Morgan fingerprint density at radius 3 is 1.41 bits per heavy atom. The Bertz CT molecular complexity index is 4800. The van der Waals surface area contributed by atoms with Gasteiger partial charge in [-0.05, 0) is 205 Å². The third-order valence-electron chi connectivity index (χ3n) is 17.5. The Morgan fingerprint density at radius 1 is 0.437 bits per heavy atom. The van der Waals surface area contributed by atoms with Gasteiger partial charge in [-0.3, -0.25) is 0 Å². The van der Waals surface area contributed by atoms with Crippen molar-refractivity contribution < 1.29 is 38.0 Å². The van der Waals surface area contributed by atoms with Crippen LogP contribution in [-0.4, -0.2) is 181 Å². The molecule has 4 saturated heterocycles. The number of anilines is 6. The molecule has 4 fully saturated rings. The molecule has 0 saturated carbocycles. The maximum Gasteiger partial charge on any atom is 0.138 e. The average Bonchev–Trinajstić information content (AvgIpc) is 1.22. The predicted octanol–water partition coefficient (Wildman–Crippen LogP) is 16.5. The molecule has 4 aliphatic rings. The summed E-state index contributed by atoms with van der Waals surface area (Å²) in [6.45, 7) is 15.5. The number of β-amino-alcohol motifs (C(OH)–C–C–N with tert-alkyl or cyclic N) is 1. The molecule has 10 heterocycles. The van der Waals surface area contributed by atoms with Crippen LogP contribution in [0.4, 0.5) is 48.1 Å². The van der Waals surface area contributed by atoms with Crippen LogP contribution in [0.25, 0.3) is 65.2 Å². The van der Waals surface area contributed by atoms with Crippen LogP contribution in [0.2, 0.25) is 0 Å². The van der Waals surface area contributed by atoms with Gasteiger partial charge in [0.15, 0.2) is 0 Å². The number of ether oxygens (including phenoxy) is 2. The molecule has 0 aliphatic carbocycles. The van der Waals surface area contributed by atoms with Crippen LogP contribution in [0.15, 0.2) is 185 Å². The van der Waals surface area contributed by atoms with Crippen molar-refractivity contribution in [2.24, 2.45) is 0 Å². The highest BCUT2D eigenvalue weighted by molar-refractivity contribution is 9.11. The van der Waals surface area contributed by atoms with Gasteiger partial charge in [0.2, 0.25) is 0 Å². The number of aliphatic hydroxyl groups excluding tert-OH is 3. The lowest BCUT2D eigenvalue weighted by molar-refractivity contribution is 0.122. The number of pyridine rings is 6. The smallest absolute Gasteiger partial charge is 0.138 e. The van der Waals surface area contributed by atoms with Gasteiger partial charge < -0.3 is 59.9 Å². The number of halogens is 9. The third kappa shape index (κ3) is 19.7. The van der Waals surface area contributed by atoms with Crippen molar-refractivity contribution in [2.45, 2.75) is 19.4 Å². The van der Waals surface area contributed by atoms with Crippen LogP contribution in [0, 0.1) is 24.4 Å². The average molecular weight is 1790 g/mol. The SMILES string of the molecule is Brc1cccc2c(N3CCOCC3)nccc12.CN1CCN(c2ccc3c(Br)c(F)ccc3n2)CC1.Cc1ccc2nc(N3CCOCC3)ccc2c1Br.OCCNc1ccc2c(Br)c(F)ccc2n1.OCCNc1nccc2c(Br)cccc12.O[C@@H]1CCN(c2ccc3c(Br)c(F)ccc3n2)C1. The van der Waals surface area contributed by atoms with Crippen molar-refractivity contribution in [3.8, 4) is 0 Å². The number of piperazine rings is 1. The maximum absolute atomic E-state index is 13.5. The minimum Gasteiger partial charge on any atom is -0.395 e. The fourth-order valence-corrected chi connectivity index (χ4v) is 14.8. The van der Waals surface area contributed by atoms with E-state index in [0.717, 1.165) is 178 Å². The maximum atomic E-state index is 13.5. The van der Waals surface area contributed by atoms with E-state index in [1.165, 1.54) is 39.9 Å². The minimum absolute atomic E-state index is 0.0484. The van der Waals surface area contributed by atoms with Gasteiger partial charge in [0.1, 0.15) is 52.4 Å². The van der Waals surface area contributed by atoms with Crippen LogP contribution in [0.1, 0.15) is 12.0 Å². The summed E-state index contributed by atoms with van der Waals surface area (Å²) in [5.41, 5.74) is 4.56. The summed E-state index contributed by atoms with van der Waals surface area (Å²) in [4.78, 5) is 38.1. The zero-order chi connectivity index (χ0) is 72.5. The third-order valence-corrected chi connectivity index (χ3v) is 22.4. The summed E-state index contributed by atoms with van der Waals surface area (Å²) in [5, 5.41) is 41.1. The van der Waals surface area contributed by atoms with Gasteiger partial charge in [0.25, 0.3) is 0 Å². The Balaban J connectivity index is 0.000000124. The topological polar surface area (TPSA) is 197 Å². The van der Waals surface area contributed by atoms with Crippen molar-refractivity contribution in [1.29, 1.82) is 0 Å². The first-order chi connectivity index (χ1) is 50.0. The Morgan fingerprint density at radius 2 is 0.883 bits per heavy atom. The Kier molecular flexibility index (Phi) is 27.9. The molecule has 6 aromatic heterocycles. The summed E-state index contributed by atoms with van der Waals surface area (Å²) in [6, 6.07) is 45.1. The first kappa shape index (κ1) is 77.1. The molecule has 0 bridgehead atoms. The van der Waals surface area contributed by atoms with Gasteiger partial charge in [0.05, 0.1) is 81.2 Å². The van der Waals surface area contributed by atoms with Crippen molar-refractivity contribution in [3.63, 3.8) is 0 Å². The molecule has 103 heavy (non-hydrogen) atoms. The first-order valence-electron chi connectivity index (χ1n) is 33.5. The van der Waals surface area contributed by atoms with Crippen LogP contribution in [0.3, 0.4) is 0 Å². The summed E-state index contributed by atoms with van der Waals surface area (Å²) in [5.74, 6) is 4.55. The lowest BCUT2D eigenvalue weighted by Gasteiger charge is -2.33. The molecular weight excluding hydrogens is 1710 g/mol. The second kappa shape index (κ2) is 37.3. The van der Waals surface area contributed by atoms with Crippen LogP contribution in [-0.2, 0) is 9.47 Å². The van der Waals surface area contributed by atoms with Crippen LogP contribution in [0.5, 0.6) is 0 Å². The Labute approximate surface area is 645 Å². The number of hydrogen-bond acceptors (Lipinski definition) is 18. The van der Waals surface area contributed by atoms with Gasteiger partial charge in [-0.25, -0.2) is 43.1 Å². The van der Waals surface area contributed by atoms with Crippen molar-refractivity contribution in [2.75, 3.05) is 155 Å². The Hall–Kier alpha value is -6.99. The quantitative estimate of drug-likeness (QED) is 0.0866. The van der Waals surface area contributed by atoms with E-state index in [4.69, 9.17) is 24.7 Å². The summed E-state index contributed by atoms with van der Waals surface area (Å²) in [7, 11) is 2.13. The number of fused-ring (bicyclic) bond motifs is 6. The van der Waals surface area contributed by atoms with Gasteiger partial charge in [0, 0.05) is 147 Å². The largest absolute Gasteiger partial charge is 0.395 e. The highest BCUT2D eigenvalue weighted by atomic mass is 79.9. The normalized spacial score (nSPS) is 15.3. The fourth-order valence-electron chi connectivity index (χ4n) is 11.9. The van der Waals surface area contributed by atoms with Gasteiger partial charge >= 0.3 is 0 Å². The molecule has 0 unspecified atom stereocenters. The highest BCUT2D eigenvalue weighted by Crippen LogP contribution is 2.35. The zero-order valence-corrected chi connectivity index (χ0v) is 66.0. The number of nitrogens with one attached hydrogen (secondary N) is 2. The molecule has 5 N–H and O–H groups in total. The van der Waals surface area contributed by atoms with Gasteiger partial charge in [-0.15, -0.1) is 0 Å². The number of aryl methyl sites for hydroxylation is 1. The van der Waals surface area contributed by atoms with Crippen molar-refractivity contribution in [3.05, 3.63) is 208 Å². The molecule has 16 rings (SSSR count). The van der Waals surface area contributed by atoms with E-state index in [2.05, 4.69) is 207 Å². The van der Waals surface area contributed by atoms with E-state index in [-0.39, 0.29) is 36.8 Å². The van der Waals surface area contributed by atoms with E-state index in [1.807, 2.05) is 65.7 Å². The fraction of sp³-hybridized carbons (Fsp3) is 0.289. The second-order valence-electron chi connectivity index (χ2n) is 24.4. The monoisotopic (exact) mass is 1780 g/mol. The van der Waals surface area contributed by atoms with E-state index >= 15 is 0 Å². The molecular formula is C76H76Br6F3N13O5. The number of hydrogen-bond donors (Lipinski definition) is 5. The number of rotatable bonds is 10. The number of aliphatic hydroxyl groups is 3. The molecule has 18 nitrogen and oxygen atoms in total. The predicted molar refractivity (Wildman–Crippen MR) is 431 cm³/mol. The molecule has 6 aromatic carbocycles. The minimum atomic E-state index is -0.301. The molecule has 538 valence electrons. The van der Waals surface area contributed by atoms with E-state index in [0.29, 0.717) is 44.4 Å². The first-order valence-corrected chi connectivity index (χ1v) is 38.3.